The molecule has 0 aliphatic rings. The zero-order valence-electron chi connectivity index (χ0n) is 12.2. The molecule has 1 rings (SSSR count). The van der Waals surface area contributed by atoms with Gasteiger partial charge in [0.15, 0.2) is 9.84 Å². The fourth-order valence-corrected chi connectivity index (χ4v) is 2.80. The van der Waals surface area contributed by atoms with Crippen LogP contribution in [0, 0.1) is 0 Å². The maximum absolute atomic E-state index is 12.0. The molecule has 0 radical (unpaired) electrons. The number of hydrogen-bond donors (Lipinski definition) is 1. The summed E-state index contributed by atoms with van der Waals surface area (Å²) in [6.07, 6.45) is -0.669. The van der Waals surface area contributed by atoms with E-state index in [1.165, 1.54) is 0 Å². The second-order valence-corrected chi connectivity index (χ2v) is 9.42. The molecule has 1 atom stereocenters. The van der Waals surface area contributed by atoms with E-state index in [9.17, 15) is 13.5 Å². The molecular formula is C14H21BrO4S. The molecule has 0 heterocycles. The molecule has 0 aliphatic carbocycles. The Hall–Kier alpha value is -0.590. The molecule has 114 valence electrons. The van der Waals surface area contributed by atoms with Gasteiger partial charge in [-0.1, -0.05) is 22.0 Å². The van der Waals surface area contributed by atoms with Crippen molar-refractivity contribution in [2.75, 3.05) is 12.4 Å². The Balaban J connectivity index is 2.79. The molecular weight excluding hydrogens is 344 g/mol. The van der Waals surface area contributed by atoms with Crippen molar-refractivity contribution >= 4 is 25.8 Å². The lowest BCUT2D eigenvalue weighted by Crippen LogP contribution is -2.32. The lowest BCUT2D eigenvalue weighted by atomic mass is 10.1. The van der Waals surface area contributed by atoms with E-state index >= 15 is 0 Å². The molecule has 0 amide bonds. The minimum absolute atomic E-state index is 0.0533. The largest absolute Gasteiger partial charge is 0.492 e. The molecule has 0 unspecified atom stereocenters. The maximum atomic E-state index is 12.0. The summed E-state index contributed by atoms with van der Waals surface area (Å²) in [6, 6.07) is 5.29. The van der Waals surface area contributed by atoms with Gasteiger partial charge < -0.3 is 9.84 Å². The molecule has 1 aromatic carbocycles. The Labute approximate surface area is 129 Å². The van der Waals surface area contributed by atoms with Crippen LogP contribution < -0.4 is 4.74 Å². The number of rotatable bonds is 5. The first-order valence-corrected chi connectivity index (χ1v) is 8.82. The summed E-state index contributed by atoms with van der Waals surface area (Å²) in [5, 5.41) is 9.67. The Bertz CT molecular complexity index is 559. The first-order valence-electron chi connectivity index (χ1n) is 6.37. The van der Waals surface area contributed by atoms with Crippen molar-refractivity contribution < 1.29 is 18.3 Å². The van der Waals surface area contributed by atoms with Crippen molar-refractivity contribution in [1.29, 1.82) is 0 Å². The zero-order valence-corrected chi connectivity index (χ0v) is 14.6. The minimum Gasteiger partial charge on any atom is -0.492 e. The molecule has 0 saturated heterocycles. The predicted octanol–water partition coefficient (Wildman–Crippen LogP) is 3.09. The van der Waals surface area contributed by atoms with Crippen LogP contribution in [0.15, 0.2) is 22.7 Å². The Morgan fingerprint density at radius 2 is 1.95 bits per heavy atom. The first-order chi connectivity index (χ1) is 9.04. The second-order valence-electron chi connectivity index (χ2n) is 5.64. The highest BCUT2D eigenvalue weighted by atomic mass is 79.9. The fraction of sp³-hybridized carbons (Fsp3) is 0.571. The Morgan fingerprint density at radius 3 is 2.45 bits per heavy atom. The van der Waals surface area contributed by atoms with Crippen molar-refractivity contribution in [2.24, 2.45) is 0 Å². The van der Waals surface area contributed by atoms with Crippen LogP contribution in [0.2, 0.25) is 0 Å². The van der Waals surface area contributed by atoms with Crippen LogP contribution in [0.5, 0.6) is 5.75 Å². The quantitative estimate of drug-likeness (QED) is 0.871. The van der Waals surface area contributed by atoms with Crippen molar-refractivity contribution in [1.82, 2.24) is 0 Å². The highest BCUT2D eigenvalue weighted by Crippen LogP contribution is 2.28. The second kappa shape index (κ2) is 6.45. The standard InChI is InChI=1S/C14H21BrO4S/c1-10(16)12-6-5-11(15)9-13(12)19-7-8-20(17,18)14(2,3)4/h5-6,9-10,16H,7-8H2,1-4H3/t10-/m1/s1. The number of aliphatic hydroxyl groups excluding tert-OH is 1. The van der Waals surface area contributed by atoms with Crippen LogP contribution in [0.25, 0.3) is 0 Å². The maximum Gasteiger partial charge on any atom is 0.158 e. The van der Waals surface area contributed by atoms with E-state index in [2.05, 4.69) is 15.9 Å². The van der Waals surface area contributed by atoms with E-state index in [-0.39, 0.29) is 12.4 Å². The van der Waals surface area contributed by atoms with Crippen molar-refractivity contribution in [2.45, 2.75) is 38.5 Å². The number of hydrogen-bond acceptors (Lipinski definition) is 4. The third kappa shape index (κ3) is 4.46. The van der Waals surface area contributed by atoms with Gasteiger partial charge in [-0.25, -0.2) is 8.42 Å². The van der Waals surface area contributed by atoms with Gasteiger partial charge in [0.2, 0.25) is 0 Å². The molecule has 1 N–H and O–H groups in total. The molecule has 0 saturated carbocycles. The lowest BCUT2D eigenvalue weighted by molar-refractivity contribution is 0.192. The first kappa shape index (κ1) is 17.5. The van der Waals surface area contributed by atoms with Gasteiger partial charge in [-0.15, -0.1) is 0 Å². The van der Waals surface area contributed by atoms with Gasteiger partial charge in [-0.2, -0.15) is 0 Å². The van der Waals surface area contributed by atoms with E-state index in [0.29, 0.717) is 11.3 Å². The van der Waals surface area contributed by atoms with E-state index in [0.717, 1.165) is 4.47 Å². The molecule has 20 heavy (non-hydrogen) atoms. The summed E-state index contributed by atoms with van der Waals surface area (Å²) in [4.78, 5) is 0. The van der Waals surface area contributed by atoms with Crippen LogP contribution in [0.3, 0.4) is 0 Å². The summed E-state index contributed by atoms with van der Waals surface area (Å²) in [6.45, 7) is 6.71. The number of ether oxygens (including phenoxy) is 1. The molecule has 6 heteroatoms. The zero-order chi connectivity index (χ0) is 15.6. The number of aliphatic hydroxyl groups is 1. The summed E-state index contributed by atoms with van der Waals surface area (Å²) in [5.74, 6) is 0.445. The molecule has 1 aromatic rings. The number of benzene rings is 1. The average molecular weight is 365 g/mol. The van der Waals surface area contributed by atoms with Gasteiger partial charge in [0.05, 0.1) is 16.6 Å². The molecule has 0 fully saturated rings. The van der Waals surface area contributed by atoms with Crippen molar-refractivity contribution in [3.8, 4) is 5.75 Å². The monoisotopic (exact) mass is 364 g/mol. The van der Waals surface area contributed by atoms with Crippen LogP contribution >= 0.6 is 15.9 Å². The summed E-state index contributed by atoms with van der Waals surface area (Å²) in [5.41, 5.74) is 0.640. The molecule has 0 spiro atoms. The molecule has 0 bridgehead atoms. The topological polar surface area (TPSA) is 63.6 Å². The van der Waals surface area contributed by atoms with E-state index in [1.807, 2.05) is 0 Å². The smallest absolute Gasteiger partial charge is 0.158 e. The summed E-state index contributed by atoms with van der Waals surface area (Å²) in [7, 11) is -3.21. The van der Waals surface area contributed by atoms with E-state index in [1.54, 1.807) is 45.9 Å². The third-order valence-electron chi connectivity index (χ3n) is 2.97. The molecule has 4 nitrogen and oxygen atoms in total. The van der Waals surface area contributed by atoms with Crippen LogP contribution in [0.4, 0.5) is 0 Å². The number of sulfone groups is 1. The van der Waals surface area contributed by atoms with Crippen LogP contribution in [-0.2, 0) is 9.84 Å². The highest BCUT2D eigenvalue weighted by molar-refractivity contribution is 9.10. The Morgan fingerprint density at radius 1 is 1.35 bits per heavy atom. The fourth-order valence-electron chi connectivity index (χ4n) is 1.55. The van der Waals surface area contributed by atoms with Gasteiger partial charge in [0.1, 0.15) is 12.4 Å². The molecule has 0 aromatic heterocycles. The van der Waals surface area contributed by atoms with Crippen molar-refractivity contribution in [3.63, 3.8) is 0 Å². The number of halogens is 1. The van der Waals surface area contributed by atoms with Crippen LogP contribution in [-0.4, -0.2) is 30.6 Å². The Kier molecular flexibility index (Phi) is 5.63. The highest BCUT2D eigenvalue weighted by Gasteiger charge is 2.28. The van der Waals surface area contributed by atoms with Gasteiger partial charge in [-0.3, -0.25) is 0 Å². The average Bonchev–Trinajstić information content (AvgIpc) is 2.26. The van der Waals surface area contributed by atoms with E-state index < -0.39 is 20.7 Å². The van der Waals surface area contributed by atoms with Gasteiger partial charge >= 0.3 is 0 Å². The van der Waals surface area contributed by atoms with Crippen LogP contribution in [0.1, 0.15) is 39.4 Å². The lowest BCUT2D eigenvalue weighted by Gasteiger charge is -2.20. The van der Waals surface area contributed by atoms with E-state index in [4.69, 9.17) is 4.74 Å². The normalized spacial score (nSPS) is 14.1. The summed E-state index contributed by atoms with van der Waals surface area (Å²) < 4.78 is 29.5. The molecule has 0 aliphatic heterocycles. The van der Waals surface area contributed by atoms with Gasteiger partial charge in [0.25, 0.3) is 0 Å². The van der Waals surface area contributed by atoms with Gasteiger partial charge in [-0.05, 0) is 39.8 Å². The van der Waals surface area contributed by atoms with Crippen molar-refractivity contribution in [3.05, 3.63) is 28.2 Å². The predicted molar refractivity (Wildman–Crippen MR) is 83.8 cm³/mol. The minimum atomic E-state index is -3.21. The van der Waals surface area contributed by atoms with Gasteiger partial charge in [0, 0.05) is 10.0 Å². The SMILES string of the molecule is C[C@@H](O)c1ccc(Br)cc1OCCS(=O)(=O)C(C)(C)C. The summed E-state index contributed by atoms with van der Waals surface area (Å²) >= 11 is 3.33. The third-order valence-corrected chi connectivity index (χ3v) is 6.03.